The van der Waals surface area contributed by atoms with Crippen molar-refractivity contribution in [2.24, 2.45) is 0 Å². The smallest absolute Gasteiger partial charge is 0.286 e. The summed E-state index contributed by atoms with van der Waals surface area (Å²) < 4.78 is 15.4. The normalized spacial score (nSPS) is 10.1. The number of hydrogen-bond donors (Lipinski definition) is 2. The quantitative estimate of drug-likeness (QED) is 0.768. The summed E-state index contributed by atoms with van der Waals surface area (Å²) in [4.78, 5) is 23.5. The third-order valence-electron chi connectivity index (χ3n) is 3.35. The van der Waals surface area contributed by atoms with Crippen LogP contribution in [0, 0.1) is 0 Å². The van der Waals surface area contributed by atoms with Gasteiger partial charge in [0.1, 0.15) is 11.5 Å². The number of hydrogen-bond acceptors (Lipinski definition) is 5. The Hall–Kier alpha value is -2.96. The van der Waals surface area contributed by atoms with Crippen LogP contribution in [0.5, 0.6) is 11.5 Å². The first-order chi connectivity index (χ1) is 11.6. The van der Waals surface area contributed by atoms with E-state index in [-0.39, 0.29) is 30.5 Å². The van der Waals surface area contributed by atoms with Gasteiger partial charge in [0, 0.05) is 31.1 Å². The SMILES string of the molecule is COc1ccc(CNC(=O)CCNC(=O)c2ccco2)c(OC)c1. The zero-order valence-electron chi connectivity index (χ0n) is 13.6. The number of amides is 2. The highest BCUT2D eigenvalue weighted by atomic mass is 16.5. The number of benzene rings is 1. The molecule has 1 aromatic heterocycles. The summed E-state index contributed by atoms with van der Waals surface area (Å²) in [6.07, 6.45) is 1.59. The van der Waals surface area contributed by atoms with Crippen LogP contribution < -0.4 is 20.1 Å². The maximum Gasteiger partial charge on any atom is 0.286 e. The molecule has 0 radical (unpaired) electrons. The van der Waals surface area contributed by atoms with Crippen LogP contribution in [0.4, 0.5) is 0 Å². The molecule has 1 heterocycles. The minimum atomic E-state index is -0.343. The second kappa shape index (κ2) is 8.61. The van der Waals surface area contributed by atoms with Gasteiger partial charge in [-0.1, -0.05) is 0 Å². The van der Waals surface area contributed by atoms with Crippen LogP contribution in [0.2, 0.25) is 0 Å². The second-order valence-corrected chi connectivity index (χ2v) is 4.94. The van der Waals surface area contributed by atoms with Crippen LogP contribution in [0.3, 0.4) is 0 Å². The Labute approximate surface area is 139 Å². The molecule has 7 heteroatoms. The van der Waals surface area contributed by atoms with Crippen molar-refractivity contribution < 1.29 is 23.5 Å². The van der Waals surface area contributed by atoms with Gasteiger partial charge in [0.25, 0.3) is 5.91 Å². The van der Waals surface area contributed by atoms with Gasteiger partial charge in [-0.25, -0.2) is 0 Å². The number of furan rings is 1. The van der Waals surface area contributed by atoms with Crippen LogP contribution in [-0.2, 0) is 11.3 Å². The fraction of sp³-hybridized carbons (Fsp3) is 0.294. The highest BCUT2D eigenvalue weighted by Crippen LogP contribution is 2.24. The molecule has 128 valence electrons. The lowest BCUT2D eigenvalue weighted by atomic mass is 10.2. The number of methoxy groups -OCH3 is 2. The highest BCUT2D eigenvalue weighted by Gasteiger charge is 2.10. The summed E-state index contributed by atoms with van der Waals surface area (Å²) in [6, 6.07) is 8.57. The van der Waals surface area contributed by atoms with Crippen molar-refractivity contribution in [3.63, 3.8) is 0 Å². The molecule has 0 aliphatic rings. The second-order valence-electron chi connectivity index (χ2n) is 4.94. The van der Waals surface area contributed by atoms with Gasteiger partial charge in [0.05, 0.1) is 20.5 Å². The lowest BCUT2D eigenvalue weighted by Gasteiger charge is -2.11. The van der Waals surface area contributed by atoms with Crippen molar-refractivity contribution in [1.82, 2.24) is 10.6 Å². The van der Waals surface area contributed by atoms with Crippen molar-refractivity contribution in [2.75, 3.05) is 20.8 Å². The molecule has 2 N–H and O–H groups in total. The van der Waals surface area contributed by atoms with Gasteiger partial charge in [-0.15, -0.1) is 0 Å². The Morgan fingerprint density at radius 3 is 2.62 bits per heavy atom. The minimum Gasteiger partial charge on any atom is -0.497 e. The maximum absolute atomic E-state index is 11.9. The topological polar surface area (TPSA) is 89.8 Å². The zero-order chi connectivity index (χ0) is 17.4. The molecule has 1 aromatic carbocycles. The minimum absolute atomic E-state index is 0.172. The van der Waals surface area contributed by atoms with Gasteiger partial charge in [-0.2, -0.15) is 0 Å². The highest BCUT2D eigenvalue weighted by molar-refractivity contribution is 5.91. The molecule has 0 fully saturated rings. The average Bonchev–Trinajstić information content (AvgIpc) is 3.14. The average molecular weight is 332 g/mol. The van der Waals surface area contributed by atoms with Gasteiger partial charge in [-0.3, -0.25) is 9.59 Å². The Morgan fingerprint density at radius 1 is 1.12 bits per heavy atom. The van der Waals surface area contributed by atoms with Crippen molar-refractivity contribution in [3.8, 4) is 11.5 Å². The van der Waals surface area contributed by atoms with Gasteiger partial charge in [0.2, 0.25) is 5.91 Å². The molecule has 24 heavy (non-hydrogen) atoms. The summed E-state index contributed by atoms with van der Waals surface area (Å²) in [6.45, 7) is 0.559. The molecular weight excluding hydrogens is 312 g/mol. The standard InChI is InChI=1S/C17H20N2O5/c1-22-13-6-5-12(15(10-13)23-2)11-19-16(20)7-8-18-17(21)14-4-3-9-24-14/h3-6,9-10H,7-8,11H2,1-2H3,(H,18,21)(H,19,20). The predicted octanol–water partition coefficient (Wildman–Crippen LogP) is 1.73. The number of nitrogens with one attached hydrogen (secondary N) is 2. The molecule has 0 bridgehead atoms. The van der Waals surface area contributed by atoms with E-state index in [1.807, 2.05) is 6.07 Å². The first kappa shape index (κ1) is 17.4. The largest absolute Gasteiger partial charge is 0.497 e. The van der Waals surface area contributed by atoms with Gasteiger partial charge < -0.3 is 24.5 Å². The first-order valence-corrected chi connectivity index (χ1v) is 7.43. The van der Waals surface area contributed by atoms with Crippen LogP contribution in [-0.4, -0.2) is 32.6 Å². The zero-order valence-corrected chi connectivity index (χ0v) is 13.6. The van der Waals surface area contributed by atoms with Gasteiger partial charge in [-0.05, 0) is 24.3 Å². The summed E-state index contributed by atoms with van der Waals surface area (Å²) in [5.41, 5.74) is 0.839. The molecule has 2 aromatic rings. The molecule has 2 amide bonds. The van der Waals surface area contributed by atoms with E-state index in [0.29, 0.717) is 18.0 Å². The Bertz CT molecular complexity index is 682. The fourth-order valence-corrected chi connectivity index (χ4v) is 2.06. The Balaban J connectivity index is 1.76. The maximum atomic E-state index is 11.9. The van der Waals surface area contributed by atoms with Crippen LogP contribution in [0.15, 0.2) is 41.0 Å². The first-order valence-electron chi connectivity index (χ1n) is 7.43. The molecule has 0 aliphatic heterocycles. The molecule has 0 unspecified atom stereocenters. The molecule has 0 atom stereocenters. The molecule has 0 aliphatic carbocycles. The monoisotopic (exact) mass is 332 g/mol. The van der Waals surface area contributed by atoms with Gasteiger partial charge in [0.15, 0.2) is 5.76 Å². The van der Waals surface area contributed by atoms with E-state index in [1.54, 1.807) is 38.5 Å². The lowest BCUT2D eigenvalue weighted by molar-refractivity contribution is -0.121. The van der Waals surface area contributed by atoms with E-state index in [4.69, 9.17) is 13.9 Å². The molecule has 0 saturated heterocycles. The predicted molar refractivity (Wildman–Crippen MR) is 87.1 cm³/mol. The van der Waals surface area contributed by atoms with Crippen molar-refractivity contribution in [1.29, 1.82) is 0 Å². The molecule has 0 saturated carbocycles. The van der Waals surface area contributed by atoms with Crippen LogP contribution in [0.1, 0.15) is 22.5 Å². The fourth-order valence-electron chi connectivity index (χ4n) is 2.06. The van der Waals surface area contributed by atoms with Crippen molar-refractivity contribution >= 4 is 11.8 Å². The third-order valence-corrected chi connectivity index (χ3v) is 3.35. The Kier molecular flexibility index (Phi) is 6.24. The summed E-state index contributed by atoms with van der Waals surface area (Å²) >= 11 is 0. The van der Waals surface area contributed by atoms with Crippen molar-refractivity contribution in [3.05, 3.63) is 47.9 Å². The number of ether oxygens (including phenoxy) is 2. The third kappa shape index (κ3) is 4.77. The number of rotatable bonds is 8. The summed E-state index contributed by atoms with van der Waals surface area (Å²) in [7, 11) is 3.14. The van der Waals surface area contributed by atoms with Crippen molar-refractivity contribution in [2.45, 2.75) is 13.0 Å². The summed E-state index contributed by atoms with van der Waals surface area (Å²) in [5.74, 6) is 1.03. The van der Waals surface area contributed by atoms with E-state index in [0.717, 1.165) is 5.56 Å². The molecule has 0 spiro atoms. The molecule has 2 rings (SSSR count). The van der Waals surface area contributed by atoms with E-state index >= 15 is 0 Å². The number of carbonyl (C=O) groups excluding carboxylic acids is 2. The van der Waals surface area contributed by atoms with Crippen LogP contribution in [0.25, 0.3) is 0 Å². The van der Waals surface area contributed by atoms with E-state index in [9.17, 15) is 9.59 Å². The molecular formula is C17H20N2O5. The molecule has 7 nitrogen and oxygen atoms in total. The van der Waals surface area contributed by atoms with E-state index in [2.05, 4.69) is 10.6 Å². The summed E-state index contributed by atoms with van der Waals surface area (Å²) in [5, 5.41) is 5.40. The Morgan fingerprint density at radius 2 is 1.96 bits per heavy atom. The van der Waals surface area contributed by atoms with Gasteiger partial charge >= 0.3 is 0 Å². The lowest BCUT2D eigenvalue weighted by Crippen LogP contribution is -2.30. The van der Waals surface area contributed by atoms with Crippen LogP contribution >= 0.6 is 0 Å². The van der Waals surface area contributed by atoms with E-state index < -0.39 is 0 Å². The van der Waals surface area contributed by atoms with E-state index in [1.165, 1.54) is 6.26 Å². The number of carbonyl (C=O) groups is 2.